The Kier molecular flexibility index (Phi) is 4.64. The molecule has 0 unspecified atom stereocenters. The van der Waals surface area contributed by atoms with Gasteiger partial charge in [-0.05, 0) is 38.1 Å². The summed E-state index contributed by atoms with van der Waals surface area (Å²) in [6, 6.07) is 9.02. The highest BCUT2D eigenvalue weighted by molar-refractivity contribution is 6.05. The van der Waals surface area contributed by atoms with Crippen LogP contribution in [0.2, 0.25) is 0 Å². The largest absolute Gasteiger partial charge is 0.322 e. The van der Waals surface area contributed by atoms with Crippen LogP contribution in [0.3, 0.4) is 0 Å². The third-order valence-corrected chi connectivity index (χ3v) is 2.80. The highest BCUT2D eigenvalue weighted by Gasteiger charge is 2.11. The number of hydrogen-bond acceptors (Lipinski definition) is 4. The Labute approximate surface area is 123 Å². The molecule has 0 aliphatic heterocycles. The van der Waals surface area contributed by atoms with Crippen molar-refractivity contribution in [3.05, 3.63) is 52.8 Å². The molecule has 1 aromatic heterocycles. The van der Waals surface area contributed by atoms with Crippen molar-refractivity contribution in [2.24, 2.45) is 5.73 Å². The number of aromatic nitrogens is 2. The maximum atomic E-state index is 12.3. The molecule has 106 valence electrons. The van der Waals surface area contributed by atoms with Crippen LogP contribution in [0.15, 0.2) is 30.3 Å². The molecule has 1 heterocycles. The van der Waals surface area contributed by atoms with E-state index in [1.54, 1.807) is 26.0 Å². The molecule has 0 saturated heterocycles. The Hall–Kier alpha value is -2.71. The van der Waals surface area contributed by atoms with Crippen molar-refractivity contribution >= 4 is 11.6 Å². The molecule has 0 radical (unpaired) electrons. The fraction of sp³-hybridized carbons (Fsp3) is 0.188. The van der Waals surface area contributed by atoms with Crippen molar-refractivity contribution in [2.75, 3.05) is 11.9 Å². The van der Waals surface area contributed by atoms with E-state index >= 15 is 0 Å². The second-order valence-electron chi connectivity index (χ2n) is 4.53. The van der Waals surface area contributed by atoms with Crippen LogP contribution in [0.1, 0.15) is 27.3 Å². The van der Waals surface area contributed by atoms with E-state index in [2.05, 4.69) is 27.4 Å². The molecule has 0 saturated carbocycles. The van der Waals surface area contributed by atoms with Gasteiger partial charge < -0.3 is 11.1 Å². The normalized spacial score (nSPS) is 9.67. The number of amides is 1. The zero-order chi connectivity index (χ0) is 15.2. The first kappa shape index (κ1) is 14.7. The molecule has 1 aromatic carbocycles. The number of aryl methyl sites for hydroxylation is 2. The first-order valence-electron chi connectivity index (χ1n) is 6.51. The Bertz CT molecular complexity index is 729. The molecule has 3 N–H and O–H groups in total. The van der Waals surface area contributed by atoms with Gasteiger partial charge in [0.2, 0.25) is 0 Å². The number of carbonyl (C=O) groups is 1. The van der Waals surface area contributed by atoms with Crippen LogP contribution >= 0.6 is 0 Å². The van der Waals surface area contributed by atoms with Gasteiger partial charge in [0.25, 0.3) is 5.91 Å². The molecule has 0 atom stereocenters. The molecule has 2 aromatic rings. The Balaban J connectivity index is 2.21. The van der Waals surface area contributed by atoms with Crippen molar-refractivity contribution in [1.82, 2.24) is 10.2 Å². The van der Waals surface area contributed by atoms with Crippen molar-refractivity contribution in [1.29, 1.82) is 0 Å². The van der Waals surface area contributed by atoms with Gasteiger partial charge in [0.05, 0.1) is 23.5 Å². The van der Waals surface area contributed by atoms with Crippen LogP contribution in [0, 0.1) is 25.7 Å². The van der Waals surface area contributed by atoms with Gasteiger partial charge in [0.15, 0.2) is 0 Å². The molecule has 1 amide bonds. The summed E-state index contributed by atoms with van der Waals surface area (Å²) in [5, 5.41) is 10.7. The average Bonchev–Trinajstić information content (AvgIpc) is 2.48. The van der Waals surface area contributed by atoms with E-state index in [1.807, 2.05) is 18.2 Å². The lowest BCUT2D eigenvalue weighted by molar-refractivity contribution is 0.102. The van der Waals surface area contributed by atoms with Crippen LogP contribution in [0.4, 0.5) is 5.69 Å². The lowest BCUT2D eigenvalue weighted by atomic mass is 10.1. The van der Waals surface area contributed by atoms with E-state index in [-0.39, 0.29) is 5.91 Å². The molecular formula is C16H16N4O. The van der Waals surface area contributed by atoms with Gasteiger partial charge in [-0.25, -0.2) is 0 Å². The van der Waals surface area contributed by atoms with Gasteiger partial charge in [-0.15, -0.1) is 0 Å². The third-order valence-electron chi connectivity index (χ3n) is 2.80. The zero-order valence-corrected chi connectivity index (χ0v) is 12.0. The lowest BCUT2D eigenvalue weighted by Crippen LogP contribution is -2.15. The highest BCUT2D eigenvalue weighted by atomic mass is 16.1. The van der Waals surface area contributed by atoms with E-state index in [0.717, 1.165) is 5.56 Å². The quantitative estimate of drug-likeness (QED) is 0.820. The molecule has 0 spiro atoms. The lowest BCUT2D eigenvalue weighted by Gasteiger charge is -2.07. The molecule has 5 nitrogen and oxygen atoms in total. The van der Waals surface area contributed by atoms with Crippen LogP contribution in [0.5, 0.6) is 0 Å². The number of hydrogen-bond donors (Lipinski definition) is 2. The maximum Gasteiger partial charge on any atom is 0.257 e. The van der Waals surface area contributed by atoms with Crippen LogP contribution in [-0.2, 0) is 0 Å². The van der Waals surface area contributed by atoms with Gasteiger partial charge >= 0.3 is 0 Å². The fourth-order valence-corrected chi connectivity index (χ4v) is 1.81. The van der Waals surface area contributed by atoms with Gasteiger partial charge in [0.1, 0.15) is 0 Å². The summed E-state index contributed by atoms with van der Waals surface area (Å²) in [4.78, 5) is 12.3. The van der Waals surface area contributed by atoms with E-state index < -0.39 is 0 Å². The van der Waals surface area contributed by atoms with Crippen LogP contribution in [-0.4, -0.2) is 22.6 Å². The summed E-state index contributed by atoms with van der Waals surface area (Å²) in [6.45, 7) is 3.86. The van der Waals surface area contributed by atoms with E-state index in [1.165, 1.54) is 0 Å². The molecule has 0 aliphatic rings. The van der Waals surface area contributed by atoms with Crippen molar-refractivity contribution < 1.29 is 4.79 Å². The number of rotatable bonds is 2. The molecular weight excluding hydrogens is 264 g/mol. The van der Waals surface area contributed by atoms with Crippen molar-refractivity contribution in [3.63, 3.8) is 0 Å². The standard InChI is InChI=1S/C16H16N4O/c1-11-9-15(12(2)20-19-11)16(21)18-14-7-3-5-13(10-14)6-4-8-17/h3,5,7,9-10H,8,17H2,1-2H3,(H,18,21). The molecule has 0 fully saturated rings. The fourth-order valence-electron chi connectivity index (χ4n) is 1.81. The minimum Gasteiger partial charge on any atom is -0.322 e. The summed E-state index contributed by atoms with van der Waals surface area (Å²) >= 11 is 0. The van der Waals surface area contributed by atoms with E-state index in [4.69, 9.17) is 5.73 Å². The first-order valence-corrected chi connectivity index (χ1v) is 6.51. The summed E-state index contributed by atoms with van der Waals surface area (Å²) in [5.74, 6) is 5.50. The number of benzene rings is 1. The minimum absolute atomic E-state index is 0.213. The Morgan fingerprint density at radius 3 is 2.86 bits per heavy atom. The van der Waals surface area contributed by atoms with Crippen molar-refractivity contribution in [3.8, 4) is 11.8 Å². The highest BCUT2D eigenvalue weighted by Crippen LogP contribution is 2.13. The Morgan fingerprint density at radius 2 is 2.10 bits per heavy atom. The second-order valence-corrected chi connectivity index (χ2v) is 4.53. The summed E-state index contributed by atoms with van der Waals surface area (Å²) in [7, 11) is 0. The molecule has 5 heteroatoms. The maximum absolute atomic E-state index is 12.3. The molecule has 0 bridgehead atoms. The number of nitrogens with one attached hydrogen (secondary N) is 1. The monoisotopic (exact) mass is 280 g/mol. The van der Waals surface area contributed by atoms with Gasteiger partial charge in [-0.3, -0.25) is 4.79 Å². The van der Waals surface area contributed by atoms with E-state index in [9.17, 15) is 4.79 Å². The van der Waals surface area contributed by atoms with Gasteiger partial charge in [-0.2, -0.15) is 10.2 Å². The summed E-state index contributed by atoms with van der Waals surface area (Å²) in [5.41, 5.74) is 8.64. The third kappa shape index (κ3) is 3.88. The predicted molar refractivity (Wildman–Crippen MR) is 81.8 cm³/mol. The summed E-state index contributed by atoms with van der Waals surface area (Å²) < 4.78 is 0. The first-order chi connectivity index (χ1) is 10.1. The van der Waals surface area contributed by atoms with Crippen LogP contribution in [0.25, 0.3) is 0 Å². The van der Waals surface area contributed by atoms with Gasteiger partial charge in [0, 0.05) is 11.3 Å². The Morgan fingerprint density at radius 1 is 1.29 bits per heavy atom. The molecule has 0 aliphatic carbocycles. The number of nitrogens with two attached hydrogens (primary N) is 1. The average molecular weight is 280 g/mol. The SMILES string of the molecule is Cc1cc(C(=O)Nc2cccc(C#CCN)c2)c(C)nn1. The molecule has 21 heavy (non-hydrogen) atoms. The van der Waals surface area contributed by atoms with Gasteiger partial charge in [-0.1, -0.05) is 17.9 Å². The van der Waals surface area contributed by atoms with Crippen LogP contribution < -0.4 is 11.1 Å². The second kappa shape index (κ2) is 6.64. The van der Waals surface area contributed by atoms with E-state index in [0.29, 0.717) is 29.2 Å². The number of carbonyl (C=O) groups excluding carboxylic acids is 1. The van der Waals surface area contributed by atoms with Crippen molar-refractivity contribution in [2.45, 2.75) is 13.8 Å². The zero-order valence-electron chi connectivity index (χ0n) is 12.0. The number of nitrogens with zero attached hydrogens (tertiary/aromatic N) is 2. The number of anilines is 1. The topological polar surface area (TPSA) is 80.9 Å². The predicted octanol–water partition coefficient (Wildman–Crippen LogP) is 1.66. The molecule has 2 rings (SSSR count). The minimum atomic E-state index is -0.213. The summed E-state index contributed by atoms with van der Waals surface area (Å²) in [6.07, 6.45) is 0. The smallest absolute Gasteiger partial charge is 0.257 e.